The van der Waals surface area contributed by atoms with Gasteiger partial charge in [-0.25, -0.2) is 5.90 Å². The Morgan fingerprint density at radius 2 is 1.47 bits per heavy atom. The first kappa shape index (κ1) is 54.8. The molecule has 0 aromatic heterocycles. The smallest absolute Gasteiger partial charge is 0.307 e. The average Bonchev–Trinajstić information content (AvgIpc) is 3.72. The Bertz CT molecular complexity index is 1500. The second-order valence-corrected chi connectivity index (χ2v) is 17.8. The molecular weight excluding hydrogens is 797 g/mol. The lowest BCUT2D eigenvalue weighted by Gasteiger charge is -2.41. The van der Waals surface area contributed by atoms with E-state index in [1.54, 1.807) is 30.9 Å². The molecule has 62 heavy (non-hydrogen) atoms. The fourth-order valence-electron chi connectivity index (χ4n) is 9.02. The van der Waals surface area contributed by atoms with E-state index < -0.39 is 54.1 Å². The molecule has 0 aliphatic carbocycles. The lowest BCUT2D eigenvalue weighted by atomic mass is 9.83. The first-order valence-corrected chi connectivity index (χ1v) is 22.6. The number of carboxylic acid groups (broad SMARTS) is 1. The summed E-state index contributed by atoms with van der Waals surface area (Å²) in [6.07, 6.45) is 0.934. The molecule has 0 unspecified atom stereocenters. The fraction of sp³-hybridized carbons (Fsp3) is 0.766. The van der Waals surface area contributed by atoms with Crippen molar-refractivity contribution in [2.75, 3.05) is 74.4 Å². The van der Waals surface area contributed by atoms with Gasteiger partial charge >= 0.3 is 5.97 Å². The zero-order chi connectivity index (χ0) is 46.5. The van der Waals surface area contributed by atoms with Crippen molar-refractivity contribution in [1.82, 2.24) is 14.7 Å². The average molecular weight is 877 g/mol. The third-order valence-electron chi connectivity index (χ3n) is 12.8. The maximum absolute atomic E-state index is 14.6. The second kappa shape index (κ2) is 28.5. The van der Waals surface area contributed by atoms with Gasteiger partial charge in [-0.3, -0.25) is 28.9 Å². The summed E-state index contributed by atoms with van der Waals surface area (Å²) in [4.78, 5) is 78.8. The Morgan fingerprint density at radius 3 is 2.02 bits per heavy atom. The number of ketones is 2. The van der Waals surface area contributed by atoms with Crippen LogP contribution in [0.25, 0.3) is 0 Å². The molecule has 0 saturated carbocycles. The molecular formula is C47H80N4O11. The Hall–Kier alpha value is -3.31. The molecule has 9 atom stereocenters. The standard InChI is InChI=1S/C47H80N4O11/c1-12-33(6)44(50(9)46(55)37(31(2)3)29-40(53)43(32(4)5)49(8)21-22-60-23-24-61-25-26-62-48)41(58-10)30-42(54)51-20-16-19-38(51)45(59-11)34(7)39(52)28-36(47(56)57)27-35-17-14-13-15-18-35/h13-15,17-18,31-34,36-38,41,43-45H,12,16,19-30,48H2,1-11H3,(H,56,57)/t33-,34-,36+,37-,38-,41+,43-,44-,45+/m0/s1. The molecule has 3 N–H and O–H groups in total. The van der Waals surface area contributed by atoms with Crippen LogP contribution in [-0.4, -0.2) is 154 Å². The number of carbonyl (C=O) groups excluding carboxylic acids is 4. The summed E-state index contributed by atoms with van der Waals surface area (Å²) in [5, 5.41) is 9.99. The lowest BCUT2D eigenvalue weighted by Crippen LogP contribution is -2.54. The van der Waals surface area contributed by atoms with E-state index in [0.717, 1.165) is 18.4 Å². The van der Waals surface area contributed by atoms with E-state index >= 15 is 0 Å². The minimum atomic E-state index is -1.03. The van der Waals surface area contributed by atoms with Gasteiger partial charge in [-0.1, -0.05) is 85.2 Å². The normalized spacial score (nSPS) is 18.3. The summed E-state index contributed by atoms with van der Waals surface area (Å²) >= 11 is 0. The van der Waals surface area contributed by atoms with Crippen LogP contribution in [0.2, 0.25) is 0 Å². The zero-order valence-corrected chi connectivity index (χ0v) is 39.6. The highest BCUT2D eigenvalue weighted by Crippen LogP contribution is 2.32. The van der Waals surface area contributed by atoms with Crippen molar-refractivity contribution in [2.24, 2.45) is 41.4 Å². The predicted octanol–water partition coefficient (Wildman–Crippen LogP) is 4.92. The van der Waals surface area contributed by atoms with E-state index in [-0.39, 0.29) is 66.8 Å². The number of benzene rings is 1. The van der Waals surface area contributed by atoms with Crippen LogP contribution >= 0.6 is 0 Å². The number of Topliss-reactive ketones (excluding diaryl/α,β-unsaturated/α-hetero) is 2. The summed E-state index contributed by atoms with van der Waals surface area (Å²) in [5.74, 6) is 1.10. The quantitative estimate of drug-likeness (QED) is 0.0735. The lowest BCUT2D eigenvalue weighted by molar-refractivity contribution is -0.149. The summed E-state index contributed by atoms with van der Waals surface area (Å²) < 4.78 is 23.1. The minimum absolute atomic E-state index is 0.000916. The molecule has 2 rings (SSSR count). The van der Waals surface area contributed by atoms with Crippen LogP contribution in [0.15, 0.2) is 30.3 Å². The number of likely N-dealkylation sites (tertiary alicyclic amines) is 1. The molecule has 1 aromatic rings. The number of ether oxygens (including phenoxy) is 4. The molecule has 15 nitrogen and oxygen atoms in total. The van der Waals surface area contributed by atoms with E-state index in [0.29, 0.717) is 52.5 Å². The van der Waals surface area contributed by atoms with Gasteiger partial charge in [0, 0.05) is 59.0 Å². The molecule has 2 amide bonds. The van der Waals surface area contributed by atoms with Gasteiger partial charge in [-0.05, 0) is 49.6 Å². The molecule has 0 spiro atoms. The molecule has 1 aliphatic heterocycles. The highest BCUT2D eigenvalue weighted by molar-refractivity contribution is 5.90. The van der Waals surface area contributed by atoms with Crippen molar-refractivity contribution in [3.8, 4) is 0 Å². The summed E-state index contributed by atoms with van der Waals surface area (Å²) in [6, 6.07) is 7.97. The van der Waals surface area contributed by atoms with Gasteiger partial charge in [0.2, 0.25) is 11.8 Å². The number of amides is 2. The third kappa shape index (κ3) is 16.7. The highest BCUT2D eigenvalue weighted by Gasteiger charge is 2.43. The van der Waals surface area contributed by atoms with Crippen LogP contribution in [-0.2, 0) is 54.2 Å². The van der Waals surface area contributed by atoms with Crippen LogP contribution in [0.5, 0.6) is 0 Å². The van der Waals surface area contributed by atoms with Gasteiger partial charge in [0.1, 0.15) is 5.78 Å². The van der Waals surface area contributed by atoms with Crippen molar-refractivity contribution >= 4 is 29.4 Å². The van der Waals surface area contributed by atoms with Crippen LogP contribution < -0.4 is 5.90 Å². The minimum Gasteiger partial charge on any atom is -0.481 e. The molecule has 1 heterocycles. The number of hydrogen-bond acceptors (Lipinski definition) is 12. The third-order valence-corrected chi connectivity index (χ3v) is 12.8. The second-order valence-electron chi connectivity index (χ2n) is 17.8. The zero-order valence-electron chi connectivity index (χ0n) is 39.6. The Kier molecular flexibility index (Phi) is 25.2. The number of nitrogens with zero attached hydrogens (tertiary/aromatic N) is 3. The van der Waals surface area contributed by atoms with Gasteiger partial charge in [0.15, 0.2) is 5.78 Å². The largest absolute Gasteiger partial charge is 0.481 e. The van der Waals surface area contributed by atoms with Crippen LogP contribution in [0.4, 0.5) is 0 Å². The van der Waals surface area contributed by atoms with Crippen molar-refractivity contribution in [3.63, 3.8) is 0 Å². The molecule has 0 bridgehead atoms. The number of rotatable bonds is 32. The van der Waals surface area contributed by atoms with E-state index in [1.165, 1.54) is 7.11 Å². The van der Waals surface area contributed by atoms with Crippen LogP contribution in [0.1, 0.15) is 92.6 Å². The maximum atomic E-state index is 14.6. The highest BCUT2D eigenvalue weighted by atomic mass is 16.6. The summed E-state index contributed by atoms with van der Waals surface area (Å²) in [6.45, 7) is 16.7. The number of aliphatic carboxylic acids is 1. The van der Waals surface area contributed by atoms with E-state index in [2.05, 4.69) is 4.84 Å². The molecule has 0 radical (unpaired) electrons. The van der Waals surface area contributed by atoms with Crippen molar-refractivity contribution in [1.29, 1.82) is 0 Å². The van der Waals surface area contributed by atoms with Gasteiger partial charge in [0.05, 0.1) is 75.7 Å². The molecule has 354 valence electrons. The summed E-state index contributed by atoms with van der Waals surface area (Å²) in [7, 11) is 6.73. The van der Waals surface area contributed by atoms with Gasteiger partial charge in [-0.15, -0.1) is 0 Å². The van der Waals surface area contributed by atoms with Crippen LogP contribution in [0, 0.1) is 35.5 Å². The molecule has 1 aliphatic rings. The Labute approximate surface area is 371 Å². The number of carbonyl (C=O) groups is 5. The maximum Gasteiger partial charge on any atom is 0.307 e. The topological polar surface area (TPSA) is 187 Å². The first-order chi connectivity index (χ1) is 29.4. The Morgan fingerprint density at radius 1 is 0.839 bits per heavy atom. The van der Waals surface area contributed by atoms with E-state index in [9.17, 15) is 29.1 Å². The number of likely N-dealkylation sites (N-methyl/N-ethyl adjacent to an activating group) is 2. The van der Waals surface area contributed by atoms with Gasteiger partial charge in [0.25, 0.3) is 0 Å². The molecule has 15 heteroatoms. The number of hydrogen-bond donors (Lipinski definition) is 2. The van der Waals surface area contributed by atoms with Crippen molar-refractivity contribution < 1.29 is 52.9 Å². The molecule has 1 saturated heterocycles. The van der Waals surface area contributed by atoms with Crippen LogP contribution in [0.3, 0.4) is 0 Å². The fourth-order valence-corrected chi connectivity index (χ4v) is 9.02. The van der Waals surface area contributed by atoms with Crippen molar-refractivity contribution in [2.45, 2.75) is 124 Å². The summed E-state index contributed by atoms with van der Waals surface area (Å²) in [5.41, 5.74) is 0.843. The molecule has 1 aromatic carbocycles. The monoisotopic (exact) mass is 877 g/mol. The number of nitrogens with two attached hydrogens (primary N) is 1. The van der Waals surface area contributed by atoms with E-state index in [4.69, 9.17) is 24.8 Å². The SMILES string of the molecule is CC[C@H](C)[C@@H]([C@@H](CC(=O)N1CCC[C@H]1[C@H](OC)[C@@H](C)C(=O)C[C@@H](Cc1ccccc1)C(=O)O)OC)N(C)C(=O)[C@@H](CC(=O)[C@H](C(C)C)N(C)CCOCCOCCON)C(C)C. The predicted molar refractivity (Wildman–Crippen MR) is 238 cm³/mol. The van der Waals surface area contributed by atoms with Gasteiger partial charge < -0.3 is 38.7 Å². The van der Waals surface area contributed by atoms with Crippen molar-refractivity contribution in [3.05, 3.63) is 35.9 Å². The number of methoxy groups -OCH3 is 2. The first-order valence-electron chi connectivity index (χ1n) is 22.6. The Balaban J connectivity index is 2.20. The van der Waals surface area contributed by atoms with Gasteiger partial charge in [-0.2, -0.15) is 0 Å². The van der Waals surface area contributed by atoms with E-state index in [1.807, 2.05) is 83.8 Å². The molecule has 1 fully saturated rings. The number of carboxylic acids is 1.